The van der Waals surface area contributed by atoms with Gasteiger partial charge in [-0.2, -0.15) is 0 Å². The Balaban J connectivity index is 1.92. The molecule has 2 rings (SSSR count). The van der Waals surface area contributed by atoms with Crippen LogP contribution in [-0.4, -0.2) is 18.5 Å². The molecular weight excluding hydrogens is 274 g/mol. The van der Waals surface area contributed by atoms with Crippen LogP contribution in [0.2, 0.25) is 0 Å². The first-order chi connectivity index (χ1) is 10.1. The largest absolute Gasteiger partial charge is 0.352 e. The molecule has 1 aromatic rings. The third-order valence-corrected chi connectivity index (χ3v) is 4.19. The summed E-state index contributed by atoms with van der Waals surface area (Å²) in [5.74, 6) is -1.18. The number of hydrogen-bond donors (Lipinski definition) is 2. The van der Waals surface area contributed by atoms with E-state index in [1.807, 2.05) is 0 Å². The summed E-state index contributed by atoms with van der Waals surface area (Å²) in [6.07, 6.45) is 5.64. The fourth-order valence-electron chi connectivity index (χ4n) is 3.00. The third kappa shape index (κ3) is 4.49. The van der Waals surface area contributed by atoms with Gasteiger partial charge >= 0.3 is 0 Å². The highest BCUT2D eigenvalue weighted by Crippen LogP contribution is 2.26. The Bertz CT molecular complexity index is 487. The van der Waals surface area contributed by atoms with Gasteiger partial charge in [-0.15, -0.1) is 0 Å². The number of carbonyl (C=O) groups is 1. The minimum atomic E-state index is -0.688. The predicted octanol–water partition coefficient (Wildman–Crippen LogP) is 2.53. The molecule has 1 aliphatic rings. The molecule has 0 spiro atoms. The minimum absolute atomic E-state index is 0.0543. The molecule has 1 aromatic carbocycles. The summed E-state index contributed by atoms with van der Waals surface area (Å²) in [6, 6.07) is 3.21. The van der Waals surface area contributed by atoms with Crippen LogP contribution in [0.4, 0.5) is 8.78 Å². The number of carbonyl (C=O) groups excluding carboxylic acids is 1. The number of nitrogens with one attached hydrogen (secondary N) is 1. The van der Waals surface area contributed by atoms with Crippen molar-refractivity contribution in [2.24, 2.45) is 11.7 Å². The van der Waals surface area contributed by atoms with Gasteiger partial charge in [0.15, 0.2) is 0 Å². The van der Waals surface area contributed by atoms with E-state index < -0.39 is 11.6 Å². The molecular formula is C16H22F2N2O. The number of halogens is 2. The molecule has 3 nitrogen and oxygen atoms in total. The van der Waals surface area contributed by atoms with Crippen molar-refractivity contribution in [3.8, 4) is 0 Å². The van der Waals surface area contributed by atoms with Crippen LogP contribution >= 0.6 is 0 Å². The molecule has 1 amide bonds. The minimum Gasteiger partial charge on any atom is -0.352 e. The van der Waals surface area contributed by atoms with Crippen molar-refractivity contribution in [1.82, 2.24) is 5.32 Å². The van der Waals surface area contributed by atoms with Crippen molar-refractivity contribution in [2.75, 3.05) is 6.54 Å². The van der Waals surface area contributed by atoms with E-state index in [2.05, 4.69) is 5.32 Å². The topological polar surface area (TPSA) is 55.1 Å². The summed E-state index contributed by atoms with van der Waals surface area (Å²) in [5.41, 5.74) is 5.96. The quantitative estimate of drug-likeness (QED) is 0.877. The molecule has 0 radical (unpaired) electrons. The zero-order valence-electron chi connectivity index (χ0n) is 12.1. The van der Waals surface area contributed by atoms with Gasteiger partial charge in [0.2, 0.25) is 5.91 Å². The van der Waals surface area contributed by atoms with Crippen molar-refractivity contribution in [3.63, 3.8) is 0 Å². The molecule has 0 heterocycles. The highest BCUT2D eigenvalue weighted by molar-refractivity contribution is 5.79. The molecule has 0 aromatic heterocycles. The van der Waals surface area contributed by atoms with Crippen LogP contribution in [0, 0.1) is 17.6 Å². The predicted molar refractivity (Wildman–Crippen MR) is 77.6 cm³/mol. The van der Waals surface area contributed by atoms with Crippen LogP contribution in [0.15, 0.2) is 18.2 Å². The average molecular weight is 296 g/mol. The lowest BCUT2D eigenvalue weighted by molar-refractivity contribution is -0.121. The Morgan fingerprint density at radius 3 is 2.62 bits per heavy atom. The smallest absolute Gasteiger partial charge is 0.224 e. The number of hydrogen-bond acceptors (Lipinski definition) is 2. The molecule has 0 aliphatic heterocycles. The van der Waals surface area contributed by atoms with Gasteiger partial charge in [0.25, 0.3) is 0 Å². The van der Waals surface area contributed by atoms with Gasteiger partial charge in [-0.05, 0) is 30.4 Å². The lowest BCUT2D eigenvalue weighted by atomic mass is 9.84. The number of nitrogens with two attached hydrogens (primary N) is 1. The van der Waals surface area contributed by atoms with E-state index in [1.54, 1.807) is 0 Å². The van der Waals surface area contributed by atoms with E-state index >= 15 is 0 Å². The van der Waals surface area contributed by atoms with E-state index in [0.717, 1.165) is 25.0 Å². The Morgan fingerprint density at radius 2 is 2.00 bits per heavy atom. The average Bonchev–Trinajstić information content (AvgIpc) is 2.48. The summed E-state index contributed by atoms with van der Waals surface area (Å²) in [7, 11) is 0. The van der Waals surface area contributed by atoms with Crippen LogP contribution in [0.5, 0.6) is 0 Å². The third-order valence-electron chi connectivity index (χ3n) is 4.19. The summed E-state index contributed by atoms with van der Waals surface area (Å²) in [6.45, 7) is 0.391. The number of rotatable bonds is 5. The Labute approximate surface area is 123 Å². The van der Waals surface area contributed by atoms with Gasteiger partial charge < -0.3 is 11.1 Å². The monoisotopic (exact) mass is 296 g/mol. The van der Waals surface area contributed by atoms with Crippen molar-refractivity contribution < 1.29 is 13.6 Å². The first-order valence-electron chi connectivity index (χ1n) is 7.53. The molecule has 1 saturated carbocycles. The van der Waals surface area contributed by atoms with Gasteiger partial charge in [-0.1, -0.05) is 25.3 Å². The van der Waals surface area contributed by atoms with E-state index in [0.29, 0.717) is 12.5 Å². The van der Waals surface area contributed by atoms with Gasteiger partial charge in [-0.25, -0.2) is 8.78 Å². The molecule has 21 heavy (non-hydrogen) atoms. The van der Waals surface area contributed by atoms with Crippen molar-refractivity contribution in [2.45, 2.75) is 44.6 Å². The Hall–Kier alpha value is -1.49. The number of benzene rings is 1. The van der Waals surface area contributed by atoms with Crippen LogP contribution in [0.25, 0.3) is 0 Å². The van der Waals surface area contributed by atoms with Crippen molar-refractivity contribution in [1.29, 1.82) is 0 Å². The first-order valence-corrected chi connectivity index (χ1v) is 7.53. The zero-order chi connectivity index (χ0) is 15.2. The summed E-state index contributed by atoms with van der Waals surface area (Å²) in [5, 5.41) is 2.90. The lowest BCUT2D eigenvalue weighted by Gasteiger charge is -2.30. The van der Waals surface area contributed by atoms with Crippen molar-refractivity contribution >= 4 is 5.91 Å². The second kappa shape index (κ2) is 7.50. The second-order valence-electron chi connectivity index (χ2n) is 5.72. The fraction of sp³-hybridized carbons (Fsp3) is 0.562. The van der Waals surface area contributed by atoms with E-state index in [1.165, 1.54) is 25.3 Å². The van der Waals surface area contributed by atoms with Gasteiger partial charge in [-0.3, -0.25) is 4.79 Å². The maximum absolute atomic E-state index is 13.5. The van der Waals surface area contributed by atoms with Crippen LogP contribution in [0.3, 0.4) is 0 Å². The fourth-order valence-corrected chi connectivity index (χ4v) is 3.00. The van der Waals surface area contributed by atoms with Crippen molar-refractivity contribution in [3.05, 3.63) is 35.4 Å². The SMILES string of the molecule is NCC(NC(=O)Cc1ccc(F)cc1F)C1CCCCC1. The Morgan fingerprint density at radius 1 is 1.29 bits per heavy atom. The highest BCUT2D eigenvalue weighted by Gasteiger charge is 2.24. The summed E-state index contributed by atoms with van der Waals surface area (Å²) in [4.78, 5) is 12.0. The normalized spacial score (nSPS) is 17.5. The molecule has 1 unspecified atom stereocenters. The molecule has 1 fully saturated rings. The van der Waals surface area contributed by atoms with Gasteiger partial charge in [0.1, 0.15) is 11.6 Å². The summed E-state index contributed by atoms with van der Waals surface area (Å²) >= 11 is 0. The van der Waals surface area contributed by atoms with Crippen LogP contribution in [-0.2, 0) is 11.2 Å². The maximum atomic E-state index is 13.5. The first kappa shape index (κ1) is 15.9. The second-order valence-corrected chi connectivity index (χ2v) is 5.72. The highest BCUT2D eigenvalue weighted by atomic mass is 19.1. The molecule has 5 heteroatoms. The zero-order valence-corrected chi connectivity index (χ0v) is 12.1. The lowest BCUT2D eigenvalue weighted by Crippen LogP contribution is -2.46. The maximum Gasteiger partial charge on any atom is 0.224 e. The number of amides is 1. The molecule has 116 valence electrons. The molecule has 1 atom stereocenters. The molecule has 3 N–H and O–H groups in total. The van der Waals surface area contributed by atoms with E-state index in [4.69, 9.17) is 5.73 Å². The van der Waals surface area contributed by atoms with Crippen LogP contribution < -0.4 is 11.1 Å². The standard InChI is InChI=1S/C16H22F2N2O/c17-13-7-6-12(14(18)9-13)8-16(21)20-15(10-19)11-4-2-1-3-5-11/h6-7,9,11,15H,1-5,8,10,19H2,(H,20,21). The van der Waals surface area contributed by atoms with Gasteiger partial charge in [0.05, 0.1) is 6.42 Å². The van der Waals surface area contributed by atoms with E-state index in [9.17, 15) is 13.6 Å². The summed E-state index contributed by atoms with van der Waals surface area (Å²) < 4.78 is 26.4. The molecule has 0 bridgehead atoms. The Kier molecular flexibility index (Phi) is 5.67. The molecule has 1 aliphatic carbocycles. The van der Waals surface area contributed by atoms with E-state index in [-0.39, 0.29) is 23.9 Å². The molecule has 0 saturated heterocycles. The van der Waals surface area contributed by atoms with Gasteiger partial charge in [0, 0.05) is 18.7 Å². The van der Waals surface area contributed by atoms with Crippen LogP contribution in [0.1, 0.15) is 37.7 Å².